The molecule has 9 nitrogen and oxygen atoms in total. The van der Waals surface area contributed by atoms with Crippen LogP contribution in [0.2, 0.25) is 0 Å². The van der Waals surface area contributed by atoms with E-state index in [4.69, 9.17) is 9.84 Å². The van der Waals surface area contributed by atoms with E-state index < -0.39 is 34.3 Å². The normalized spacial score (nSPS) is 11.7. The largest absolute Gasteiger partial charge is 0.480 e. The molecule has 1 aromatic carbocycles. The summed E-state index contributed by atoms with van der Waals surface area (Å²) in [5, 5.41) is 18.4. The molecule has 0 amide bonds. The van der Waals surface area contributed by atoms with E-state index in [1.165, 1.54) is 18.4 Å². The van der Waals surface area contributed by atoms with E-state index in [1.54, 1.807) is 34.6 Å². The molecule has 10 heteroatoms. The number of carboxylic acids is 1. The lowest BCUT2D eigenvalue weighted by molar-refractivity contribution is -0.146. The second-order valence-electron chi connectivity index (χ2n) is 9.80. The van der Waals surface area contributed by atoms with Crippen LogP contribution in [0.3, 0.4) is 0 Å². The molecule has 0 saturated carbocycles. The molecule has 0 spiro atoms. The molecule has 0 fully saturated rings. The molecule has 3 rings (SSSR count). The Labute approximate surface area is 213 Å². The van der Waals surface area contributed by atoms with E-state index in [1.807, 2.05) is 30.3 Å². The maximum Gasteiger partial charge on any atom is 0.348 e. The fourth-order valence-corrected chi connectivity index (χ4v) is 4.62. The second-order valence-corrected chi connectivity index (χ2v) is 10.8. The van der Waals surface area contributed by atoms with Gasteiger partial charge in [0.05, 0.1) is 17.6 Å². The molecular weight excluding hydrogens is 484 g/mol. The van der Waals surface area contributed by atoms with Gasteiger partial charge in [-0.25, -0.2) is 19.0 Å². The SMILES string of the molecule is CC(C)(C)O.CCOC(=O)c1sc2c(c1C)c(=O)n(C(C)(C)C(=O)O)c(=O)n2CCc1ccccc1. The summed E-state index contributed by atoms with van der Waals surface area (Å²) in [6, 6.07) is 9.50. The summed E-state index contributed by atoms with van der Waals surface area (Å²) in [6.45, 7) is 11.5. The van der Waals surface area contributed by atoms with Crippen LogP contribution < -0.4 is 11.2 Å². The predicted octanol–water partition coefficient (Wildman–Crippen LogP) is 3.55. The number of aliphatic carboxylic acids is 1. The second kappa shape index (κ2) is 11.2. The number of aliphatic hydroxyl groups is 1. The summed E-state index contributed by atoms with van der Waals surface area (Å²) in [5.41, 5.74) is -2.36. The van der Waals surface area contributed by atoms with Crippen molar-refractivity contribution in [2.75, 3.05) is 6.61 Å². The van der Waals surface area contributed by atoms with Gasteiger partial charge in [0.25, 0.3) is 5.56 Å². The smallest absolute Gasteiger partial charge is 0.348 e. The van der Waals surface area contributed by atoms with E-state index in [2.05, 4.69) is 0 Å². The number of ether oxygens (including phenoxy) is 1. The average molecular weight is 519 g/mol. The zero-order valence-corrected chi connectivity index (χ0v) is 22.6. The minimum absolute atomic E-state index is 0.162. The Morgan fingerprint density at radius 1 is 1.06 bits per heavy atom. The molecule has 0 bridgehead atoms. The van der Waals surface area contributed by atoms with E-state index in [0.717, 1.165) is 21.5 Å². The van der Waals surface area contributed by atoms with Crippen LogP contribution in [-0.4, -0.2) is 43.5 Å². The first-order chi connectivity index (χ1) is 16.6. The number of esters is 1. The Bertz CT molecular complexity index is 1350. The van der Waals surface area contributed by atoms with Gasteiger partial charge >= 0.3 is 17.6 Å². The number of rotatable bonds is 7. The number of fused-ring (bicyclic) bond motifs is 1. The molecule has 0 saturated heterocycles. The maximum absolute atomic E-state index is 13.3. The standard InChI is InChI=1S/C22H24N2O6S.C4H10O/c1-5-30-19(26)16-13(2)15-17(25)24(22(3,4)20(27)28)21(29)23(18(15)31-16)12-11-14-9-7-6-8-10-14;1-4(2,3)5/h6-10H,5,11-12H2,1-4H3,(H,27,28);5H,1-3H3. The molecule has 2 heterocycles. The number of aryl methyl sites for hydroxylation is 3. The van der Waals surface area contributed by atoms with Crippen molar-refractivity contribution in [3.05, 3.63) is 67.2 Å². The van der Waals surface area contributed by atoms with Gasteiger partial charge in [-0.15, -0.1) is 11.3 Å². The molecule has 0 radical (unpaired) electrons. The summed E-state index contributed by atoms with van der Waals surface area (Å²) in [4.78, 5) is 51.5. The van der Waals surface area contributed by atoms with Gasteiger partial charge in [-0.2, -0.15) is 0 Å². The van der Waals surface area contributed by atoms with Crippen molar-refractivity contribution in [1.29, 1.82) is 0 Å². The first kappa shape index (κ1) is 29.0. The first-order valence-electron chi connectivity index (χ1n) is 11.6. The number of aromatic nitrogens is 2. The number of thiophene rings is 1. The fourth-order valence-electron chi connectivity index (χ4n) is 3.41. The summed E-state index contributed by atoms with van der Waals surface area (Å²) < 4.78 is 7.24. The van der Waals surface area contributed by atoms with Crippen LogP contribution >= 0.6 is 11.3 Å². The minimum Gasteiger partial charge on any atom is -0.480 e. The summed E-state index contributed by atoms with van der Waals surface area (Å²) in [5.74, 6) is -1.88. The lowest BCUT2D eigenvalue weighted by atomic mass is 10.1. The number of nitrogens with zero attached hydrogens (tertiary/aromatic N) is 2. The molecule has 2 N–H and O–H groups in total. The topological polar surface area (TPSA) is 128 Å². The molecule has 0 aliphatic rings. The Morgan fingerprint density at radius 2 is 1.61 bits per heavy atom. The minimum atomic E-state index is -1.77. The van der Waals surface area contributed by atoms with Gasteiger partial charge in [0.15, 0.2) is 0 Å². The molecule has 3 aromatic rings. The number of hydrogen-bond acceptors (Lipinski definition) is 7. The maximum atomic E-state index is 13.3. The highest BCUT2D eigenvalue weighted by Crippen LogP contribution is 2.29. The Kier molecular flexibility index (Phi) is 9.03. The van der Waals surface area contributed by atoms with Crippen LogP contribution in [0.4, 0.5) is 0 Å². The molecule has 36 heavy (non-hydrogen) atoms. The number of carbonyl (C=O) groups is 2. The predicted molar refractivity (Wildman–Crippen MR) is 140 cm³/mol. The van der Waals surface area contributed by atoms with Crippen molar-refractivity contribution in [3.63, 3.8) is 0 Å². The molecule has 0 atom stereocenters. The van der Waals surface area contributed by atoms with Gasteiger partial charge in [0.2, 0.25) is 0 Å². The monoisotopic (exact) mass is 518 g/mol. The molecule has 0 aliphatic heterocycles. The van der Waals surface area contributed by atoms with E-state index >= 15 is 0 Å². The van der Waals surface area contributed by atoms with Gasteiger partial charge in [-0.1, -0.05) is 30.3 Å². The van der Waals surface area contributed by atoms with Crippen molar-refractivity contribution in [1.82, 2.24) is 9.13 Å². The third-order valence-corrected chi connectivity index (χ3v) is 6.52. The van der Waals surface area contributed by atoms with Crippen LogP contribution in [0.1, 0.15) is 62.3 Å². The highest BCUT2D eigenvalue weighted by molar-refractivity contribution is 7.20. The highest BCUT2D eigenvalue weighted by atomic mass is 32.1. The summed E-state index contributed by atoms with van der Waals surface area (Å²) in [6.07, 6.45) is 0.493. The highest BCUT2D eigenvalue weighted by Gasteiger charge is 2.35. The van der Waals surface area contributed by atoms with Gasteiger partial charge in [-0.05, 0) is 66.0 Å². The zero-order chi connectivity index (χ0) is 27.4. The van der Waals surface area contributed by atoms with Gasteiger partial charge < -0.3 is 14.9 Å². The third-order valence-electron chi connectivity index (χ3n) is 5.22. The van der Waals surface area contributed by atoms with Crippen LogP contribution in [0.25, 0.3) is 10.2 Å². The van der Waals surface area contributed by atoms with E-state index in [0.29, 0.717) is 16.8 Å². The van der Waals surface area contributed by atoms with Gasteiger partial charge in [-0.3, -0.25) is 9.36 Å². The first-order valence-corrected chi connectivity index (χ1v) is 12.4. The van der Waals surface area contributed by atoms with Crippen LogP contribution in [0.15, 0.2) is 39.9 Å². The van der Waals surface area contributed by atoms with Crippen molar-refractivity contribution < 1.29 is 24.5 Å². The molecule has 2 aromatic heterocycles. The summed E-state index contributed by atoms with van der Waals surface area (Å²) in [7, 11) is 0. The molecule has 0 unspecified atom stereocenters. The lowest BCUT2D eigenvalue weighted by Gasteiger charge is -2.23. The quantitative estimate of drug-likeness (QED) is 0.458. The fraction of sp³-hybridized carbons (Fsp3) is 0.462. The molecule has 0 aliphatic carbocycles. The van der Waals surface area contributed by atoms with Crippen molar-refractivity contribution in [3.8, 4) is 0 Å². The number of carboxylic acid groups (broad SMARTS) is 1. The third kappa shape index (κ3) is 6.50. The van der Waals surface area contributed by atoms with E-state index in [-0.39, 0.29) is 23.4 Å². The lowest BCUT2D eigenvalue weighted by Crippen LogP contribution is -2.52. The zero-order valence-electron chi connectivity index (χ0n) is 21.7. The van der Waals surface area contributed by atoms with Crippen LogP contribution in [0.5, 0.6) is 0 Å². The van der Waals surface area contributed by atoms with Crippen LogP contribution in [-0.2, 0) is 28.0 Å². The average Bonchev–Trinajstić information content (AvgIpc) is 3.10. The van der Waals surface area contributed by atoms with Crippen LogP contribution in [0, 0.1) is 6.92 Å². The molecule has 196 valence electrons. The Morgan fingerprint density at radius 3 is 2.11 bits per heavy atom. The summed E-state index contributed by atoms with van der Waals surface area (Å²) >= 11 is 1.02. The Hall–Kier alpha value is -3.24. The van der Waals surface area contributed by atoms with Crippen molar-refractivity contribution in [2.24, 2.45) is 0 Å². The Balaban J connectivity index is 0.000000830. The number of benzene rings is 1. The van der Waals surface area contributed by atoms with Crippen molar-refractivity contribution >= 4 is 33.5 Å². The van der Waals surface area contributed by atoms with Gasteiger partial charge in [0, 0.05) is 6.54 Å². The number of carbonyl (C=O) groups excluding carboxylic acids is 1. The van der Waals surface area contributed by atoms with Crippen molar-refractivity contribution in [2.45, 2.75) is 72.6 Å². The molecular formula is C26H34N2O7S. The van der Waals surface area contributed by atoms with Gasteiger partial charge in [0.1, 0.15) is 15.2 Å². The van der Waals surface area contributed by atoms with E-state index in [9.17, 15) is 24.3 Å². The number of hydrogen-bond donors (Lipinski definition) is 2.